The minimum absolute atomic E-state index is 0.282. The van der Waals surface area contributed by atoms with Crippen molar-refractivity contribution in [3.63, 3.8) is 0 Å². The molecule has 0 saturated heterocycles. The molecule has 0 aliphatic carbocycles. The summed E-state index contributed by atoms with van der Waals surface area (Å²) in [5, 5.41) is 0. The Morgan fingerprint density at radius 3 is 2.67 bits per heavy atom. The Labute approximate surface area is 111 Å². The highest BCUT2D eigenvalue weighted by Crippen LogP contribution is 2.12. The number of hydrogen-bond acceptors (Lipinski definition) is 1. The Bertz CT molecular complexity index is 340. The summed E-state index contributed by atoms with van der Waals surface area (Å²) in [6.07, 6.45) is 10.9. The summed E-state index contributed by atoms with van der Waals surface area (Å²) in [6.45, 7) is 6.65. The molecule has 0 saturated carbocycles. The molecule has 98 valence electrons. The molecule has 0 radical (unpaired) electrons. The van der Waals surface area contributed by atoms with Crippen LogP contribution in [0.1, 0.15) is 38.2 Å². The zero-order valence-corrected chi connectivity index (χ0v) is 11.3. The van der Waals surface area contributed by atoms with Crippen molar-refractivity contribution in [2.75, 3.05) is 0 Å². The van der Waals surface area contributed by atoms with Crippen molar-refractivity contribution >= 4 is 0 Å². The molecule has 0 aliphatic heterocycles. The van der Waals surface area contributed by atoms with Gasteiger partial charge in [0, 0.05) is 0 Å². The molecule has 1 aromatic rings. The van der Waals surface area contributed by atoms with Gasteiger partial charge in [0.25, 0.3) is 0 Å². The van der Waals surface area contributed by atoms with E-state index in [0.29, 0.717) is 6.61 Å². The third-order valence-electron chi connectivity index (χ3n) is 2.82. The molecule has 18 heavy (non-hydrogen) atoms. The van der Waals surface area contributed by atoms with Crippen LogP contribution in [0.4, 0.5) is 0 Å². The van der Waals surface area contributed by atoms with E-state index in [4.69, 9.17) is 4.74 Å². The van der Waals surface area contributed by atoms with Gasteiger partial charge < -0.3 is 4.74 Å². The predicted molar refractivity (Wildman–Crippen MR) is 78.5 cm³/mol. The molecule has 0 amide bonds. The first-order valence-corrected chi connectivity index (χ1v) is 6.78. The summed E-state index contributed by atoms with van der Waals surface area (Å²) >= 11 is 0. The van der Waals surface area contributed by atoms with Crippen LogP contribution in [0.25, 0.3) is 0 Å². The zero-order valence-electron chi connectivity index (χ0n) is 11.3. The van der Waals surface area contributed by atoms with E-state index in [-0.39, 0.29) is 6.10 Å². The van der Waals surface area contributed by atoms with Crippen LogP contribution < -0.4 is 0 Å². The Kier molecular flexibility index (Phi) is 7.90. The fraction of sp³-hybridized carbons (Fsp3) is 0.412. The minimum Gasteiger partial charge on any atom is -0.373 e. The lowest BCUT2D eigenvalue weighted by Crippen LogP contribution is -2.11. The molecule has 0 aromatic heterocycles. The Hall–Kier alpha value is -1.34. The van der Waals surface area contributed by atoms with E-state index in [1.807, 2.05) is 24.3 Å². The second kappa shape index (κ2) is 9.67. The molecule has 0 spiro atoms. The number of ether oxygens (including phenoxy) is 1. The first-order chi connectivity index (χ1) is 8.86. The molecule has 0 heterocycles. The van der Waals surface area contributed by atoms with Crippen molar-refractivity contribution in [2.45, 2.75) is 45.3 Å². The third-order valence-corrected chi connectivity index (χ3v) is 2.82. The van der Waals surface area contributed by atoms with Crippen LogP contribution in [0.2, 0.25) is 0 Å². The molecule has 0 N–H and O–H groups in total. The maximum Gasteiger partial charge on any atom is 0.0720 e. The van der Waals surface area contributed by atoms with Crippen LogP contribution in [-0.2, 0) is 11.3 Å². The number of rotatable bonds is 9. The van der Waals surface area contributed by atoms with Crippen LogP contribution in [0.15, 0.2) is 55.1 Å². The van der Waals surface area contributed by atoms with Gasteiger partial charge in [0.1, 0.15) is 0 Å². The van der Waals surface area contributed by atoms with Crippen molar-refractivity contribution in [3.8, 4) is 0 Å². The molecule has 1 unspecified atom stereocenters. The van der Waals surface area contributed by atoms with Gasteiger partial charge in [0.2, 0.25) is 0 Å². The second-order valence-electron chi connectivity index (χ2n) is 4.40. The molecule has 1 heteroatoms. The van der Waals surface area contributed by atoms with Gasteiger partial charge in [-0.15, -0.1) is 6.58 Å². The van der Waals surface area contributed by atoms with E-state index < -0.39 is 0 Å². The topological polar surface area (TPSA) is 9.23 Å². The van der Waals surface area contributed by atoms with Gasteiger partial charge >= 0.3 is 0 Å². The molecule has 0 fully saturated rings. The van der Waals surface area contributed by atoms with Crippen molar-refractivity contribution in [3.05, 3.63) is 60.7 Å². The smallest absolute Gasteiger partial charge is 0.0720 e. The summed E-state index contributed by atoms with van der Waals surface area (Å²) in [7, 11) is 0. The maximum absolute atomic E-state index is 5.94. The van der Waals surface area contributed by atoms with Gasteiger partial charge in [-0.1, -0.05) is 55.5 Å². The van der Waals surface area contributed by atoms with Crippen LogP contribution in [0, 0.1) is 0 Å². The molecule has 1 atom stereocenters. The lowest BCUT2D eigenvalue weighted by molar-refractivity contribution is 0.0377. The zero-order chi connectivity index (χ0) is 13.1. The molecule has 1 aromatic carbocycles. The molecule has 0 aliphatic rings. The summed E-state index contributed by atoms with van der Waals surface area (Å²) in [6, 6.07) is 10.3. The van der Waals surface area contributed by atoms with E-state index in [2.05, 4.69) is 37.8 Å². The third kappa shape index (κ3) is 6.41. The predicted octanol–water partition coefficient (Wildman–Crippen LogP) is 4.89. The molecule has 1 nitrogen and oxygen atoms in total. The Morgan fingerprint density at radius 2 is 2.00 bits per heavy atom. The van der Waals surface area contributed by atoms with Gasteiger partial charge in [-0.25, -0.2) is 0 Å². The quantitative estimate of drug-likeness (QED) is 0.562. The standard InChI is InChI=1S/C17H24O/c1-3-5-6-10-14-17(11-4-2)18-15-16-12-8-7-9-13-16/h4-9,12-13,17H,2-3,10-11,14-15H2,1H3/b6-5+. The van der Waals surface area contributed by atoms with Crippen LogP contribution in [0.3, 0.4) is 0 Å². The Morgan fingerprint density at radius 1 is 1.22 bits per heavy atom. The van der Waals surface area contributed by atoms with Gasteiger partial charge in [0.05, 0.1) is 12.7 Å². The van der Waals surface area contributed by atoms with Crippen molar-refractivity contribution in [2.24, 2.45) is 0 Å². The first kappa shape index (κ1) is 14.7. The Balaban J connectivity index is 2.33. The van der Waals surface area contributed by atoms with Crippen molar-refractivity contribution in [1.29, 1.82) is 0 Å². The largest absolute Gasteiger partial charge is 0.373 e. The lowest BCUT2D eigenvalue weighted by atomic mass is 10.1. The van der Waals surface area contributed by atoms with Crippen LogP contribution in [-0.4, -0.2) is 6.10 Å². The van der Waals surface area contributed by atoms with E-state index in [9.17, 15) is 0 Å². The highest BCUT2D eigenvalue weighted by atomic mass is 16.5. The SMILES string of the molecule is C=CCC(CC/C=C/CC)OCc1ccccc1. The molecular formula is C17H24O. The van der Waals surface area contributed by atoms with E-state index >= 15 is 0 Å². The van der Waals surface area contributed by atoms with Crippen LogP contribution >= 0.6 is 0 Å². The van der Waals surface area contributed by atoms with Gasteiger partial charge in [0.15, 0.2) is 0 Å². The average molecular weight is 244 g/mol. The summed E-state index contributed by atoms with van der Waals surface area (Å²) in [4.78, 5) is 0. The minimum atomic E-state index is 0.282. The molecule has 0 bridgehead atoms. The maximum atomic E-state index is 5.94. The van der Waals surface area contributed by atoms with Gasteiger partial charge in [-0.05, 0) is 31.2 Å². The van der Waals surface area contributed by atoms with Gasteiger partial charge in [-0.2, -0.15) is 0 Å². The van der Waals surface area contributed by atoms with E-state index in [1.54, 1.807) is 0 Å². The monoisotopic (exact) mass is 244 g/mol. The second-order valence-corrected chi connectivity index (χ2v) is 4.40. The molecular weight excluding hydrogens is 220 g/mol. The summed E-state index contributed by atoms with van der Waals surface area (Å²) < 4.78 is 5.94. The highest BCUT2D eigenvalue weighted by Gasteiger charge is 2.06. The van der Waals surface area contributed by atoms with E-state index in [1.165, 1.54) is 5.56 Å². The van der Waals surface area contributed by atoms with Crippen LogP contribution in [0.5, 0.6) is 0 Å². The number of allylic oxidation sites excluding steroid dienone is 2. The summed E-state index contributed by atoms with van der Waals surface area (Å²) in [5.74, 6) is 0. The number of benzene rings is 1. The highest BCUT2D eigenvalue weighted by molar-refractivity contribution is 5.13. The van der Waals surface area contributed by atoms with E-state index in [0.717, 1.165) is 25.7 Å². The number of hydrogen-bond donors (Lipinski definition) is 0. The first-order valence-electron chi connectivity index (χ1n) is 6.78. The fourth-order valence-electron chi connectivity index (χ4n) is 1.81. The average Bonchev–Trinajstić information content (AvgIpc) is 2.42. The van der Waals surface area contributed by atoms with Gasteiger partial charge in [-0.3, -0.25) is 0 Å². The normalized spacial score (nSPS) is 12.7. The summed E-state index contributed by atoms with van der Waals surface area (Å²) in [5.41, 5.74) is 1.23. The van der Waals surface area contributed by atoms with Crippen molar-refractivity contribution < 1.29 is 4.74 Å². The van der Waals surface area contributed by atoms with Crippen molar-refractivity contribution in [1.82, 2.24) is 0 Å². The molecule has 1 rings (SSSR count). The fourth-order valence-corrected chi connectivity index (χ4v) is 1.81. The lowest BCUT2D eigenvalue weighted by Gasteiger charge is -2.15.